The van der Waals surface area contributed by atoms with Gasteiger partial charge in [-0.2, -0.15) is 0 Å². The third-order valence-corrected chi connectivity index (χ3v) is 1.98. The van der Waals surface area contributed by atoms with Crippen LogP contribution in [0.3, 0.4) is 0 Å². The highest BCUT2D eigenvalue weighted by Gasteiger charge is 2.31. The predicted molar refractivity (Wildman–Crippen MR) is 57.4 cm³/mol. The van der Waals surface area contributed by atoms with Crippen molar-refractivity contribution in [1.29, 1.82) is 0 Å². The van der Waals surface area contributed by atoms with Gasteiger partial charge in [-0.25, -0.2) is 9.59 Å². The molecule has 0 heterocycles. The molecule has 8 heteroatoms. The van der Waals surface area contributed by atoms with Crippen molar-refractivity contribution in [3.8, 4) is 0 Å². The summed E-state index contributed by atoms with van der Waals surface area (Å²) >= 11 is 0. The van der Waals surface area contributed by atoms with E-state index in [0.29, 0.717) is 6.29 Å². The van der Waals surface area contributed by atoms with Crippen molar-refractivity contribution in [3.63, 3.8) is 0 Å². The molecule has 0 aliphatic heterocycles. The monoisotopic (exact) mass is 261 g/mol. The summed E-state index contributed by atoms with van der Waals surface area (Å²) < 4.78 is 13.5. The van der Waals surface area contributed by atoms with Crippen LogP contribution in [0.25, 0.3) is 0 Å². The number of amides is 1. The van der Waals surface area contributed by atoms with Crippen LogP contribution in [0.15, 0.2) is 0 Å². The van der Waals surface area contributed by atoms with Crippen molar-refractivity contribution < 1.29 is 33.4 Å². The van der Waals surface area contributed by atoms with Crippen molar-refractivity contribution in [3.05, 3.63) is 0 Å². The Hall–Kier alpha value is -2.12. The molecule has 0 aromatic rings. The minimum absolute atomic E-state index is 0.289. The normalized spacial score (nSPS) is 11.1. The van der Waals surface area contributed by atoms with Crippen molar-refractivity contribution in [2.45, 2.75) is 19.4 Å². The van der Waals surface area contributed by atoms with Gasteiger partial charge in [-0.05, 0) is 0 Å². The zero-order valence-electron chi connectivity index (χ0n) is 10.4. The van der Waals surface area contributed by atoms with Crippen LogP contribution < -0.4 is 0 Å². The highest BCUT2D eigenvalue weighted by atomic mass is 16.6. The van der Waals surface area contributed by atoms with Crippen LogP contribution in [0.1, 0.15) is 13.3 Å². The van der Waals surface area contributed by atoms with Gasteiger partial charge in [0.1, 0.15) is 12.3 Å². The highest BCUT2D eigenvalue weighted by Crippen LogP contribution is 2.08. The fourth-order valence-electron chi connectivity index (χ4n) is 1.13. The lowest BCUT2D eigenvalue weighted by molar-refractivity contribution is -0.155. The molecule has 102 valence electrons. The molecule has 1 atom stereocenters. The first-order chi connectivity index (χ1) is 8.47. The van der Waals surface area contributed by atoms with Gasteiger partial charge in [0.25, 0.3) is 0 Å². The van der Waals surface area contributed by atoms with Crippen LogP contribution in [-0.2, 0) is 28.6 Å². The third kappa shape index (κ3) is 4.81. The summed E-state index contributed by atoms with van der Waals surface area (Å²) in [6, 6.07) is -1.20. The van der Waals surface area contributed by atoms with E-state index in [1.165, 1.54) is 0 Å². The van der Waals surface area contributed by atoms with Gasteiger partial charge in [0.2, 0.25) is 0 Å². The van der Waals surface area contributed by atoms with E-state index < -0.39 is 30.8 Å². The summed E-state index contributed by atoms with van der Waals surface area (Å²) in [6.45, 7) is 0.637. The van der Waals surface area contributed by atoms with Gasteiger partial charge in [-0.15, -0.1) is 0 Å². The average molecular weight is 261 g/mol. The van der Waals surface area contributed by atoms with Crippen molar-refractivity contribution >= 4 is 24.3 Å². The third-order valence-electron chi connectivity index (χ3n) is 1.98. The number of hydrogen-bond donors (Lipinski definition) is 0. The Balaban J connectivity index is 4.95. The molecule has 0 saturated heterocycles. The second-order valence-corrected chi connectivity index (χ2v) is 3.15. The largest absolute Gasteiger partial charge is 0.467 e. The molecule has 0 aliphatic rings. The molecule has 8 nitrogen and oxygen atoms in total. The molecule has 0 fully saturated rings. The summed E-state index contributed by atoms with van der Waals surface area (Å²) in [7, 11) is 2.21. The number of nitrogens with zero attached hydrogens (tertiary/aromatic N) is 1. The van der Waals surface area contributed by atoms with Gasteiger partial charge < -0.3 is 19.0 Å². The summed E-state index contributed by atoms with van der Waals surface area (Å²) in [5.41, 5.74) is 0. The van der Waals surface area contributed by atoms with Gasteiger partial charge in [0.15, 0.2) is 6.73 Å². The fraction of sp³-hybridized carbons (Fsp3) is 0.600. The van der Waals surface area contributed by atoms with E-state index in [9.17, 15) is 19.2 Å². The number of rotatable bonds is 6. The smallest absolute Gasteiger partial charge is 0.412 e. The Morgan fingerprint density at radius 2 is 1.83 bits per heavy atom. The number of methoxy groups -OCH3 is 2. The number of aldehydes is 1. The molecule has 0 saturated carbocycles. The predicted octanol–water partition coefficient (Wildman–Crippen LogP) is -0.294. The van der Waals surface area contributed by atoms with E-state index in [2.05, 4.69) is 14.2 Å². The van der Waals surface area contributed by atoms with E-state index >= 15 is 0 Å². The van der Waals surface area contributed by atoms with Gasteiger partial charge in [0.05, 0.1) is 14.2 Å². The summed E-state index contributed by atoms with van der Waals surface area (Å²) in [5.74, 6) is -1.45. The molecule has 0 unspecified atom stereocenters. The molecule has 1 amide bonds. The van der Waals surface area contributed by atoms with Crippen molar-refractivity contribution in [1.82, 2.24) is 4.90 Å². The molecule has 0 radical (unpaired) electrons. The lowest BCUT2D eigenvalue weighted by Gasteiger charge is -2.26. The lowest BCUT2D eigenvalue weighted by atomic mass is 10.2. The van der Waals surface area contributed by atoms with Gasteiger partial charge in [-0.1, -0.05) is 0 Å². The van der Waals surface area contributed by atoms with E-state index in [1.54, 1.807) is 0 Å². The first-order valence-corrected chi connectivity index (χ1v) is 4.97. The van der Waals surface area contributed by atoms with Crippen LogP contribution in [0, 0.1) is 0 Å². The highest BCUT2D eigenvalue weighted by molar-refractivity contribution is 5.83. The Kier molecular flexibility index (Phi) is 7.10. The average Bonchev–Trinajstić information content (AvgIpc) is 2.35. The van der Waals surface area contributed by atoms with E-state index in [4.69, 9.17) is 0 Å². The van der Waals surface area contributed by atoms with Gasteiger partial charge in [0, 0.05) is 13.3 Å². The number of carbonyl (C=O) groups excluding carboxylic acids is 4. The Morgan fingerprint density at radius 3 is 2.22 bits per heavy atom. The van der Waals surface area contributed by atoms with Gasteiger partial charge >= 0.3 is 18.0 Å². The molecular formula is C10H15NO7. The van der Waals surface area contributed by atoms with Gasteiger partial charge in [-0.3, -0.25) is 9.69 Å². The molecule has 0 N–H and O–H groups in total. The number of ether oxygens (including phenoxy) is 3. The van der Waals surface area contributed by atoms with E-state index in [0.717, 1.165) is 26.0 Å². The number of hydrogen-bond acceptors (Lipinski definition) is 7. The second-order valence-electron chi connectivity index (χ2n) is 3.15. The summed E-state index contributed by atoms with van der Waals surface area (Å²) in [6.07, 6.45) is -0.748. The van der Waals surface area contributed by atoms with Crippen molar-refractivity contribution in [2.75, 3.05) is 21.0 Å². The second kappa shape index (κ2) is 8.04. The minimum atomic E-state index is -1.20. The molecule has 18 heavy (non-hydrogen) atoms. The Bertz CT molecular complexity index is 328. The fourth-order valence-corrected chi connectivity index (χ4v) is 1.13. The molecule has 0 rings (SSSR count). The molecule has 0 aromatic heterocycles. The molecule has 0 spiro atoms. The minimum Gasteiger partial charge on any atom is -0.467 e. The summed E-state index contributed by atoms with van der Waals surface area (Å²) in [4.78, 5) is 44.9. The first kappa shape index (κ1) is 15.9. The zero-order valence-corrected chi connectivity index (χ0v) is 10.4. The quantitative estimate of drug-likeness (QED) is 0.280. The van der Waals surface area contributed by atoms with Crippen molar-refractivity contribution in [2.24, 2.45) is 0 Å². The summed E-state index contributed by atoms with van der Waals surface area (Å²) in [5, 5.41) is 0. The maximum absolute atomic E-state index is 11.4. The lowest BCUT2D eigenvalue weighted by Crippen LogP contribution is -2.47. The van der Waals surface area contributed by atoms with Crippen LogP contribution in [-0.4, -0.2) is 56.2 Å². The molecular weight excluding hydrogens is 246 g/mol. The Morgan fingerprint density at radius 1 is 1.22 bits per heavy atom. The topological polar surface area (TPSA) is 99.2 Å². The van der Waals surface area contributed by atoms with Crippen LogP contribution >= 0.6 is 0 Å². The molecule has 0 aliphatic carbocycles. The number of carbonyl (C=O) groups is 4. The Labute approximate surface area is 104 Å². The zero-order chi connectivity index (χ0) is 14.1. The first-order valence-electron chi connectivity index (χ1n) is 4.97. The van der Waals surface area contributed by atoms with Crippen LogP contribution in [0.5, 0.6) is 0 Å². The van der Waals surface area contributed by atoms with E-state index in [-0.39, 0.29) is 6.42 Å². The maximum Gasteiger partial charge on any atom is 0.412 e. The SMILES string of the molecule is COC(=O)[C@H](CC=O)N(COC(C)=O)C(=O)OC. The van der Waals surface area contributed by atoms with E-state index in [1.807, 2.05) is 0 Å². The number of esters is 2. The maximum atomic E-state index is 11.4. The molecule has 0 bridgehead atoms. The van der Waals surface area contributed by atoms with Crippen LogP contribution in [0.2, 0.25) is 0 Å². The van der Waals surface area contributed by atoms with Crippen LogP contribution in [0.4, 0.5) is 4.79 Å². The molecule has 0 aromatic carbocycles. The standard InChI is InChI=1S/C10H15NO7/c1-7(13)18-6-11(10(15)17-3)8(4-5-12)9(14)16-2/h5,8H,4,6H2,1-3H3/t8-/m0/s1.